The van der Waals surface area contributed by atoms with Gasteiger partial charge in [-0.05, 0) is 13.3 Å². The molecule has 4 heteroatoms. The topological polar surface area (TPSA) is 69.6 Å². The van der Waals surface area contributed by atoms with Crippen molar-refractivity contribution in [2.75, 3.05) is 13.1 Å². The zero-order chi connectivity index (χ0) is 10.5. The maximum absolute atomic E-state index is 10.4. The van der Waals surface area contributed by atoms with Crippen molar-refractivity contribution < 1.29 is 15.0 Å². The molecule has 3 N–H and O–H groups in total. The first-order valence-corrected chi connectivity index (χ1v) is 4.55. The highest BCUT2D eigenvalue weighted by Crippen LogP contribution is 2.06. The molecule has 0 fully saturated rings. The van der Waals surface area contributed by atoms with Crippen molar-refractivity contribution in [2.24, 2.45) is 5.92 Å². The van der Waals surface area contributed by atoms with Crippen molar-refractivity contribution in [2.45, 2.75) is 32.8 Å². The first-order valence-electron chi connectivity index (χ1n) is 4.55. The van der Waals surface area contributed by atoms with E-state index >= 15 is 0 Å². The molecule has 0 saturated heterocycles. The third-order valence-corrected chi connectivity index (χ3v) is 2.14. The van der Waals surface area contributed by atoms with Crippen LogP contribution in [0.3, 0.4) is 0 Å². The van der Waals surface area contributed by atoms with E-state index in [1.807, 2.05) is 6.92 Å². The molecule has 78 valence electrons. The largest absolute Gasteiger partial charge is 0.481 e. The van der Waals surface area contributed by atoms with E-state index in [0.29, 0.717) is 19.5 Å². The number of carbonyl (C=O) groups is 1. The van der Waals surface area contributed by atoms with Crippen molar-refractivity contribution in [1.29, 1.82) is 0 Å². The van der Waals surface area contributed by atoms with Crippen molar-refractivity contribution in [3.63, 3.8) is 0 Å². The molecule has 0 aliphatic rings. The Bertz CT molecular complexity index is 168. The zero-order valence-corrected chi connectivity index (χ0v) is 8.50. The summed E-state index contributed by atoms with van der Waals surface area (Å²) in [6, 6.07) is 0. The second-order valence-electron chi connectivity index (χ2n) is 3.72. The number of hydrogen-bond donors (Lipinski definition) is 3. The number of rotatable bonds is 6. The standard InChI is InChI=1S/C9H19NO3/c1-4-9(3,13)6-10-5-7(2)8(11)12/h7,10,13H,4-6H2,1-3H3,(H,11,12). The van der Waals surface area contributed by atoms with Gasteiger partial charge >= 0.3 is 5.97 Å². The van der Waals surface area contributed by atoms with Gasteiger partial charge in [0.05, 0.1) is 11.5 Å². The van der Waals surface area contributed by atoms with Crippen LogP contribution in [0.5, 0.6) is 0 Å². The van der Waals surface area contributed by atoms with Crippen molar-refractivity contribution in [3.05, 3.63) is 0 Å². The maximum atomic E-state index is 10.4. The van der Waals surface area contributed by atoms with Crippen LogP contribution in [0, 0.1) is 5.92 Å². The minimum Gasteiger partial charge on any atom is -0.481 e. The Labute approximate surface area is 79.0 Å². The van der Waals surface area contributed by atoms with E-state index in [4.69, 9.17) is 5.11 Å². The van der Waals surface area contributed by atoms with Crippen LogP contribution < -0.4 is 5.32 Å². The Morgan fingerprint density at radius 1 is 1.62 bits per heavy atom. The number of aliphatic carboxylic acids is 1. The number of carboxylic acids is 1. The molecule has 4 nitrogen and oxygen atoms in total. The summed E-state index contributed by atoms with van der Waals surface area (Å²) < 4.78 is 0. The predicted molar refractivity (Wildman–Crippen MR) is 50.6 cm³/mol. The molecule has 0 aliphatic heterocycles. The summed E-state index contributed by atoms with van der Waals surface area (Å²) >= 11 is 0. The molecule has 0 amide bonds. The SMILES string of the molecule is CCC(C)(O)CNCC(C)C(=O)O. The first kappa shape index (κ1) is 12.4. The fraction of sp³-hybridized carbons (Fsp3) is 0.889. The Morgan fingerprint density at radius 2 is 2.15 bits per heavy atom. The molecule has 0 aromatic carbocycles. The smallest absolute Gasteiger partial charge is 0.307 e. The van der Waals surface area contributed by atoms with Crippen LogP contribution in [0.4, 0.5) is 0 Å². The predicted octanol–water partition coefficient (Wildman–Crippen LogP) is 0.458. The van der Waals surface area contributed by atoms with Crippen LogP contribution >= 0.6 is 0 Å². The number of hydrogen-bond acceptors (Lipinski definition) is 3. The molecule has 0 aliphatic carbocycles. The lowest BCUT2D eigenvalue weighted by Gasteiger charge is -2.22. The van der Waals surface area contributed by atoms with Crippen molar-refractivity contribution in [1.82, 2.24) is 5.32 Å². The van der Waals surface area contributed by atoms with Gasteiger partial charge in [0.2, 0.25) is 0 Å². The minimum atomic E-state index is -0.816. The van der Waals surface area contributed by atoms with Crippen LogP contribution in [0.2, 0.25) is 0 Å². The zero-order valence-electron chi connectivity index (χ0n) is 8.50. The van der Waals surface area contributed by atoms with E-state index < -0.39 is 17.5 Å². The Kier molecular flexibility index (Phi) is 4.95. The monoisotopic (exact) mass is 189 g/mol. The summed E-state index contributed by atoms with van der Waals surface area (Å²) in [5.74, 6) is -1.23. The molecule has 0 saturated carbocycles. The Hall–Kier alpha value is -0.610. The summed E-state index contributed by atoms with van der Waals surface area (Å²) in [6.07, 6.45) is 0.654. The van der Waals surface area contributed by atoms with E-state index in [1.54, 1.807) is 13.8 Å². The lowest BCUT2D eigenvalue weighted by Crippen LogP contribution is -2.39. The molecule has 0 aromatic rings. The highest BCUT2D eigenvalue weighted by molar-refractivity contribution is 5.69. The van der Waals surface area contributed by atoms with Gasteiger partial charge in [-0.25, -0.2) is 0 Å². The first-order chi connectivity index (χ1) is 5.89. The Balaban J connectivity index is 3.62. The molecule has 0 spiro atoms. The van der Waals surface area contributed by atoms with Gasteiger partial charge in [-0.2, -0.15) is 0 Å². The van der Waals surface area contributed by atoms with Gasteiger partial charge in [-0.1, -0.05) is 13.8 Å². The molecule has 0 bridgehead atoms. The lowest BCUT2D eigenvalue weighted by molar-refractivity contribution is -0.141. The van der Waals surface area contributed by atoms with Crippen LogP contribution in [-0.4, -0.2) is 34.9 Å². The molecule has 0 rings (SSSR count). The molecule has 13 heavy (non-hydrogen) atoms. The van der Waals surface area contributed by atoms with Crippen LogP contribution in [0.25, 0.3) is 0 Å². The van der Waals surface area contributed by atoms with Gasteiger partial charge in [-0.3, -0.25) is 4.79 Å². The Morgan fingerprint density at radius 3 is 2.54 bits per heavy atom. The number of aliphatic hydroxyl groups is 1. The van der Waals surface area contributed by atoms with Gasteiger partial charge in [0.15, 0.2) is 0 Å². The highest BCUT2D eigenvalue weighted by Gasteiger charge is 2.18. The minimum absolute atomic E-state index is 0.394. The lowest BCUT2D eigenvalue weighted by atomic mass is 10.0. The van der Waals surface area contributed by atoms with E-state index in [2.05, 4.69) is 5.32 Å². The summed E-state index contributed by atoms with van der Waals surface area (Å²) in [4.78, 5) is 10.4. The molecule has 0 aromatic heterocycles. The quantitative estimate of drug-likeness (QED) is 0.567. The maximum Gasteiger partial charge on any atom is 0.307 e. The molecular weight excluding hydrogens is 170 g/mol. The number of nitrogens with one attached hydrogen (secondary N) is 1. The fourth-order valence-electron chi connectivity index (χ4n) is 0.770. The molecule has 2 atom stereocenters. The van der Waals surface area contributed by atoms with E-state index in [1.165, 1.54) is 0 Å². The summed E-state index contributed by atoms with van der Waals surface area (Å²) in [5.41, 5.74) is -0.738. The summed E-state index contributed by atoms with van der Waals surface area (Å²) in [6.45, 7) is 6.08. The van der Waals surface area contributed by atoms with E-state index in [9.17, 15) is 9.90 Å². The van der Waals surface area contributed by atoms with E-state index in [-0.39, 0.29) is 0 Å². The fourth-order valence-corrected chi connectivity index (χ4v) is 0.770. The summed E-state index contributed by atoms with van der Waals surface area (Å²) in [7, 11) is 0. The second-order valence-corrected chi connectivity index (χ2v) is 3.72. The van der Waals surface area contributed by atoms with Gasteiger partial charge in [-0.15, -0.1) is 0 Å². The number of carboxylic acid groups (broad SMARTS) is 1. The third kappa shape index (κ3) is 5.60. The second kappa shape index (κ2) is 5.19. The van der Waals surface area contributed by atoms with Gasteiger partial charge in [0, 0.05) is 13.1 Å². The van der Waals surface area contributed by atoms with Crippen LogP contribution in [0.1, 0.15) is 27.2 Å². The molecule has 0 heterocycles. The normalized spacial score (nSPS) is 17.8. The van der Waals surface area contributed by atoms with Gasteiger partial charge in [0.25, 0.3) is 0 Å². The molecule has 2 unspecified atom stereocenters. The van der Waals surface area contributed by atoms with Crippen molar-refractivity contribution >= 4 is 5.97 Å². The summed E-state index contributed by atoms with van der Waals surface area (Å²) in [5, 5.41) is 21.1. The molecule has 0 radical (unpaired) electrons. The molecular formula is C9H19NO3. The third-order valence-electron chi connectivity index (χ3n) is 2.14. The highest BCUT2D eigenvalue weighted by atomic mass is 16.4. The van der Waals surface area contributed by atoms with Crippen LogP contribution in [0.15, 0.2) is 0 Å². The van der Waals surface area contributed by atoms with Gasteiger partial charge in [0.1, 0.15) is 0 Å². The average molecular weight is 189 g/mol. The van der Waals surface area contributed by atoms with Gasteiger partial charge < -0.3 is 15.5 Å². The van der Waals surface area contributed by atoms with Crippen molar-refractivity contribution in [3.8, 4) is 0 Å². The van der Waals surface area contributed by atoms with Crippen LogP contribution in [-0.2, 0) is 4.79 Å². The average Bonchev–Trinajstić information content (AvgIpc) is 2.04. The van der Waals surface area contributed by atoms with E-state index in [0.717, 1.165) is 0 Å².